The molecule has 22 heteroatoms. The molecule has 2 fully saturated rings. The van der Waals surface area contributed by atoms with Crippen molar-refractivity contribution in [1.29, 1.82) is 0 Å². The average molecular weight is 907 g/mol. The van der Waals surface area contributed by atoms with Crippen LogP contribution in [0, 0.1) is 29.4 Å². The first kappa shape index (κ1) is 42.8. The van der Waals surface area contributed by atoms with E-state index in [-0.39, 0.29) is 74.1 Å². The Morgan fingerprint density at radius 1 is 1.10 bits per heavy atom. The molecule has 2 amide bonds. The van der Waals surface area contributed by atoms with Gasteiger partial charge in [-0.15, -0.1) is 0 Å². The summed E-state index contributed by atoms with van der Waals surface area (Å²) in [7, 11) is -2.48. The van der Waals surface area contributed by atoms with Crippen molar-refractivity contribution in [3.8, 4) is 23.0 Å². The Balaban J connectivity index is 1.43. The first-order chi connectivity index (χ1) is 28.9. The van der Waals surface area contributed by atoms with Crippen LogP contribution in [-0.4, -0.2) is 74.8 Å². The van der Waals surface area contributed by atoms with E-state index in [9.17, 15) is 40.0 Å². The highest BCUT2D eigenvalue weighted by Crippen LogP contribution is 2.69. The number of carbonyl (C=O) groups excluding carboxylic acids is 2. The summed E-state index contributed by atoms with van der Waals surface area (Å²) < 4.78 is 140. The molecule has 1 saturated heterocycles. The first-order valence-corrected chi connectivity index (χ1v) is 21.1. The number of primary amides is 1. The van der Waals surface area contributed by atoms with Gasteiger partial charge in [-0.3, -0.25) is 19.1 Å². The fourth-order valence-corrected chi connectivity index (χ4v) is 9.28. The van der Waals surface area contributed by atoms with Crippen LogP contribution in [0.2, 0.25) is 5.02 Å². The fourth-order valence-electron chi connectivity index (χ4n) is 8.54. The monoisotopic (exact) mass is 906 g/mol. The normalized spacial score (nSPS) is 19.1. The number of amides is 2. The van der Waals surface area contributed by atoms with Gasteiger partial charge in [0.05, 0.1) is 34.4 Å². The standard InChI is InChI=1S/C40H34ClF7N8O5S/c1-38(2,55-11-12-61-37(55)58)10-9-21-5-6-22(23-7-8-27(41)29-31(23)54(3)52-36(29)53-62(4,59)60)30(50-21)25(15-18-13-19(42)16-20(43)14-18)32(35(49)57)56-34-28(33(51-56)40(46,47)48)24-17-26(24)39(34,44)45/h5-8,13-14,16,24-26,32H,11-12,15,17H2,1-4H3,(H2,49,57)(H,52,53)/t24-,25+,26+,32?/m0/s1. The number of anilines is 1. The van der Waals surface area contributed by atoms with E-state index in [1.165, 1.54) is 40.9 Å². The van der Waals surface area contributed by atoms with Crippen LogP contribution in [0.25, 0.3) is 22.0 Å². The fraction of sp³-hybridized carbons (Fsp3) is 0.375. The van der Waals surface area contributed by atoms with E-state index in [0.29, 0.717) is 6.07 Å². The van der Waals surface area contributed by atoms with Crippen molar-refractivity contribution in [3.05, 3.63) is 93.0 Å². The van der Waals surface area contributed by atoms with Crippen molar-refractivity contribution < 1.29 is 53.5 Å². The maximum absolute atomic E-state index is 16.2. The van der Waals surface area contributed by atoms with Gasteiger partial charge in [0, 0.05) is 41.6 Å². The maximum Gasteiger partial charge on any atom is 0.435 e. The summed E-state index contributed by atoms with van der Waals surface area (Å²) in [4.78, 5) is 32.5. The van der Waals surface area contributed by atoms with E-state index in [0.717, 1.165) is 18.4 Å². The number of nitrogens with two attached hydrogens (primary N) is 1. The Bertz CT molecular complexity index is 2890. The quantitative estimate of drug-likeness (QED) is 0.112. The van der Waals surface area contributed by atoms with Crippen molar-refractivity contribution in [2.45, 2.75) is 62.2 Å². The summed E-state index contributed by atoms with van der Waals surface area (Å²) >= 11 is 6.62. The molecule has 4 atom stereocenters. The van der Waals surface area contributed by atoms with Gasteiger partial charge in [0.2, 0.25) is 15.9 Å². The van der Waals surface area contributed by atoms with Crippen LogP contribution in [0.15, 0.2) is 42.5 Å². The molecule has 3 N–H and O–H groups in total. The minimum absolute atomic E-state index is 0.0250. The zero-order valence-corrected chi connectivity index (χ0v) is 34.5. The van der Waals surface area contributed by atoms with Gasteiger partial charge in [0.15, 0.2) is 11.5 Å². The number of fused-ring (bicyclic) bond motifs is 4. The van der Waals surface area contributed by atoms with Crippen molar-refractivity contribution in [1.82, 2.24) is 29.4 Å². The smallest absolute Gasteiger partial charge is 0.435 e. The number of sulfonamides is 1. The molecule has 1 saturated carbocycles. The summed E-state index contributed by atoms with van der Waals surface area (Å²) in [5.74, 6) is -6.30. The molecule has 2 aromatic carbocycles. The molecule has 1 unspecified atom stereocenters. The zero-order valence-electron chi connectivity index (χ0n) is 32.9. The number of aromatic nitrogens is 5. The van der Waals surface area contributed by atoms with Crippen LogP contribution in [0.4, 0.5) is 41.3 Å². The predicted octanol–water partition coefficient (Wildman–Crippen LogP) is 7.00. The number of alkyl halides is 5. The Morgan fingerprint density at radius 3 is 2.39 bits per heavy atom. The van der Waals surface area contributed by atoms with Gasteiger partial charge in [-0.2, -0.15) is 32.1 Å². The number of benzene rings is 2. The largest absolute Gasteiger partial charge is 0.447 e. The molecule has 0 radical (unpaired) electrons. The Morgan fingerprint density at radius 2 is 1.77 bits per heavy atom. The molecule has 3 aliphatic rings. The third-order valence-electron chi connectivity index (χ3n) is 11.2. The molecule has 4 heterocycles. The van der Waals surface area contributed by atoms with Crippen LogP contribution in [0.1, 0.15) is 72.0 Å². The number of cyclic esters (lactones) is 1. The predicted molar refractivity (Wildman–Crippen MR) is 209 cm³/mol. The zero-order chi connectivity index (χ0) is 45.0. The van der Waals surface area contributed by atoms with Crippen molar-refractivity contribution in [3.63, 3.8) is 0 Å². The summed E-state index contributed by atoms with van der Waals surface area (Å²) in [5.41, 5.74) is 1.20. The van der Waals surface area contributed by atoms with Crippen LogP contribution in [0.3, 0.4) is 0 Å². The van der Waals surface area contributed by atoms with Crippen molar-refractivity contribution >= 4 is 50.3 Å². The molecule has 2 aliphatic carbocycles. The van der Waals surface area contributed by atoms with E-state index in [1.807, 2.05) is 0 Å². The second-order valence-corrected chi connectivity index (χ2v) is 18.1. The van der Waals surface area contributed by atoms with Gasteiger partial charge in [-0.1, -0.05) is 23.6 Å². The van der Waals surface area contributed by atoms with E-state index < -0.39 is 98.5 Å². The van der Waals surface area contributed by atoms with Crippen molar-refractivity contribution in [2.24, 2.45) is 18.7 Å². The van der Waals surface area contributed by atoms with Gasteiger partial charge < -0.3 is 10.5 Å². The van der Waals surface area contributed by atoms with Crippen molar-refractivity contribution in [2.75, 3.05) is 24.1 Å². The van der Waals surface area contributed by atoms with Gasteiger partial charge in [0.25, 0.3) is 5.92 Å². The topological polar surface area (TPSA) is 167 Å². The average Bonchev–Trinajstić information content (AvgIpc) is 3.36. The van der Waals surface area contributed by atoms with Crippen LogP contribution in [-0.2, 0) is 45.1 Å². The molecule has 1 aliphatic heterocycles. The Labute approximate surface area is 353 Å². The first-order valence-electron chi connectivity index (χ1n) is 18.8. The Kier molecular flexibility index (Phi) is 10.1. The van der Waals surface area contributed by atoms with Gasteiger partial charge in [0.1, 0.15) is 41.2 Å². The number of nitrogens with one attached hydrogen (secondary N) is 1. The second-order valence-electron chi connectivity index (χ2n) is 15.9. The summed E-state index contributed by atoms with van der Waals surface area (Å²) in [6.45, 7) is 3.57. The molecule has 326 valence electrons. The van der Waals surface area contributed by atoms with Crippen LogP contribution < -0.4 is 10.5 Å². The maximum atomic E-state index is 16.2. The van der Waals surface area contributed by atoms with Crippen LogP contribution >= 0.6 is 11.6 Å². The lowest BCUT2D eigenvalue weighted by Crippen LogP contribution is -2.43. The molecular weight excluding hydrogens is 873 g/mol. The highest BCUT2D eigenvalue weighted by molar-refractivity contribution is 7.92. The third-order valence-corrected chi connectivity index (χ3v) is 12.1. The van der Waals surface area contributed by atoms with Gasteiger partial charge >= 0.3 is 12.3 Å². The molecular formula is C40H34ClF7N8O5S. The number of hydrogen-bond donors (Lipinski definition) is 2. The Hall–Kier alpha value is -5.88. The van der Waals surface area contributed by atoms with Gasteiger partial charge in [-0.25, -0.2) is 31.7 Å². The number of carbonyl (C=O) groups is 2. The lowest BCUT2D eigenvalue weighted by molar-refractivity contribution is -0.142. The summed E-state index contributed by atoms with van der Waals surface area (Å²) in [6, 6.07) is 5.82. The van der Waals surface area contributed by atoms with E-state index >= 15 is 8.78 Å². The summed E-state index contributed by atoms with van der Waals surface area (Å²) in [6.07, 6.45) is -5.90. The van der Waals surface area contributed by atoms with E-state index in [1.54, 1.807) is 13.8 Å². The van der Waals surface area contributed by atoms with Crippen LogP contribution in [0.5, 0.6) is 0 Å². The molecule has 8 rings (SSSR count). The van der Waals surface area contributed by atoms with E-state index in [2.05, 4.69) is 26.8 Å². The number of hydrogen-bond acceptors (Lipinski definition) is 8. The number of nitrogens with zero attached hydrogens (tertiary/aromatic N) is 6. The molecule has 0 bridgehead atoms. The number of rotatable bonds is 10. The minimum atomic E-state index is -5.24. The highest BCUT2D eigenvalue weighted by Gasteiger charge is 2.69. The molecule has 13 nitrogen and oxygen atoms in total. The molecule has 3 aromatic heterocycles. The minimum Gasteiger partial charge on any atom is -0.447 e. The molecule has 0 spiro atoms. The lowest BCUT2D eigenvalue weighted by Gasteiger charge is -2.30. The molecule has 62 heavy (non-hydrogen) atoms. The van der Waals surface area contributed by atoms with E-state index in [4.69, 9.17) is 27.1 Å². The number of halogens is 8. The molecule has 5 aromatic rings. The lowest BCUT2D eigenvalue weighted by atomic mass is 9.84. The summed E-state index contributed by atoms with van der Waals surface area (Å²) in [5, 5.41) is 8.05. The SMILES string of the molecule is Cn1nc(NS(C)(=O)=O)c2c(Cl)ccc(-c3ccc(C#CC(C)(C)N4CCOC4=O)nc3[C@@H](Cc3cc(F)cc(F)c3)C(C(N)=O)n3nc(C(F)(F)F)c4c3C(F)(F)[C@@H]3C[C@H]43)c21. The number of pyridine rings is 1. The number of aryl methyl sites for hydroxylation is 1. The third kappa shape index (κ3) is 7.46. The second kappa shape index (κ2) is 14.6. The van der Waals surface area contributed by atoms with Gasteiger partial charge in [-0.05, 0) is 74.4 Å². The highest BCUT2D eigenvalue weighted by atomic mass is 35.5. The number of ether oxygens (including phenoxy) is 1.